The number of phenols is 1. The summed E-state index contributed by atoms with van der Waals surface area (Å²) in [5, 5.41) is 13.7. The second-order valence-corrected chi connectivity index (χ2v) is 9.35. The minimum atomic E-state index is -0.837. The molecule has 3 rings (SSSR count). The highest BCUT2D eigenvalue weighted by molar-refractivity contribution is 9.10. The van der Waals surface area contributed by atoms with E-state index in [1.54, 1.807) is 25.3 Å². The minimum absolute atomic E-state index is 0.0365. The van der Waals surface area contributed by atoms with E-state index in [2.05, 4.69) is 26.0 Å². The number of aldehydes is 1. The molecule has 0 atom stereocenters. The van der Waals surface area contributed by atoms with Crippen LogP contribution >= 0.6 is 39.5 Å². The smallest absolute Gasteiger partial charge is 0.150 e. The van der Waals surface area contributed by atoms with Gasteiger partial charge in [0.15, 0.2) is 0 Å². The standard InChI is InChI=1S/C24H22BrClF2N2O4S/c1-33-6-4-29-5-7-34-22-3-2-15(26)10-17(22)16-11-21(20(28)12-19(16)27)30-35-23-9-14(13-31)8-18(25)24(23)32/h2-3,8-13,29-30,32H,4-7H2,1H3. The molecule has 0 aromatic heterocycles. The molecule has 3 aromatic carbocycles. The number of aromatic hydroxyl groups is 1. The number of hydrogen-bond acceptors (Lipinski definition) is 7. The summed E-state index contributed by atoms with van der Waals surface area (Å²) in [5.74, 6) is -1.37. The molecular formula is C24H22BrClF2N2O4S. The van der Waals surface area contributed by atoms with Gasteiger partial charge in [-0.1, -0.05) is 11.6 Å². The average Bonchev–Trinajstić information content (AvgIpc) is 2.83. The first kappa shape index (κ1) is 27.2. The highest BCUT2D eigenvalue weighted by Gasteiger charge is 2.17. The van der Waals surface area contributed by atoms with Crippen LogP contribution < -0.4 is 14.8 Å². The molecule has 0 aliphatic rings. The number of benzene rings is 3. The molecular weight excluding hydrogens is 566 g/mol. The molecule has 0 unspecified atom stereocenters. The van der Waals surface area contributed by atoms with Gasteiger partial charge in [0.25, 0.3) is 0 Å². The van der Waals surface area contributed by atoms with Gasteiger partial charge in [0.1, 0.15) is 36.0 Å². The van der Waals surface area contributed by atoms with Gasteiger partial charge in [0.05, 0.1) is 21.7 Å². The Kier molecular flexibility index (Phi) is 10.2. The summed E-state index contributed by atoms with van der Waals surface area (Å²) in [5.41, 5.74) is 0.710. The highest BCUT2D eigenvalue weighted by Crippen LogP contribution is 2.39. The van der Waals surface area contributed by atoms with Crippen LogP contribution in [0.1, 0.15) is 10.4 Å². The molecule has 0 bridgehead atoms. The van der Waals surface area contributed by atoms with Gasteiger partial charge in [-0.05, 0) is 64.3 Å². The lowest BCUT2D eigenvalue weighted by atomic mass is 10.0. The Morgan fingerprint density at radius 2 is 1.86 bits per heavy atom. The van der Waals surface area contributed by atoms with E-state index in [0.29, 0.717) is 59.0 Å². The van der Waals surface area contributed by atoms with Crippen molar-refractivity contribution in [2.75, 3.05) is 38.1 Å². The van der Waals surface area contributed by atoms with Crippen LogP contribution in [0.25, 0.3) is 11.1 Å². The normalized spacial score (nSPS) is 10.9. The van der Waals surface area contributed by atoms with E-state index < -0.39 is 11.6 Å². The number of hydrogen-bond donors (Lipinski definition) is 3. The molecule has 6 nitrogen and oxygen atoms in total. The van der Waals surface area contributed by atoms with Crippen LogP contribution in [0.15, 0.2) is 51.8 Å². The lowest BCUT2D eigenvalue weighted by Gasteiger charge is -2.15. The SMILES string of the molecule is COCCNCCOc1ccc(Cl)cc1-c1cc(NSc2cc(C=O)cc(Br)c2O)c(F)cc1F. The summed E-state index contributed by atoms with van der Waals surface area (Å²) >= 11 is 10.2. The van der Waals surface area contributed by atoms with Gasteiger partial charge < -0.3 is 24.6 Å². The lowest BCUT2D eigenvalue weighted by molar-refractivity contribution is 0.112. The summed E-state index contributed by atoms with van der Waals surface area (Å²) in [6.45, 7) is 2.08. The minimum Gasteiger partial charge on any atom is -0.506 e. The molecule has 11 heteroatoms. The van der Waals surface area contributed by atoms with Crippen LogP contribution in [0, 0.1) is 11.6 Å². The zero-order valence-corrected chi connectivity index (χ0v) is 21.7. The second-order valence-electron chi connectivity index (χ2n) is 7.22. The molecule has 3 N–H and O–H groups in total. The molecule has 35 heavy (non-hydrogen) atoms. The number of halogens is 4. The first-order valence-electron chi connectivity index (χ1n) is 10.4. The Morgan fingerprint density at radius 3 is 2.60 bits per heavy atom. The van der Waals surface area contributed by atoms with Gasteiger partial charge in [-0.25, -0.2) is 8.78 Å². The van der Waals surface area contributed by atoms with Crippen molar-refractivity contribution in [3.05, 3.63) is 69.2 Å². The van der Waals surface area contributed by atoms with Crippen LogP contribution in [0.2, 0.25) is 5.02 Å². The number of carbonyl (C=O) groups excluding carboxylic acids is 1. The summed E-state index contributed by atoms with van der Waals surface area (Å²) in [6.07, 6.45) is 0.624. The van der Waals surface area contributed by atoms with Crippen LogP contribution in [-0.2, 0) is 4.74 Å². The number of ether oxygens (including phenoxy) is 2. The van der Waals surface area contributed by atoms with Gasteiger partial charge in [-0.15, -0.1) is 0 Å². The predicted molar refractivity (Wildman–Crippen MR) is 138 cm³/mol. The number of nitrogens with one attached hydrogen (secondary N) is 2. The Hall–Kier alpha value is -2.37. The molecule has 0 saturated heterocycles. The highest BCUT2D eigenvalue weighted by atomic mass is 79.9. The number of anilines is 1. The molecule has 3 aromatic rings. The fourth-order valence-corrected chi connectivity index (χ4v) is 4.61. The lowest BCUT2D eigenvalue weighted by Crippen LogP contribution is -2.24. The Morgan fingerprint density at radius 1 is 1.09 bits per heavy atom. The Balaban J connectivity index is 1.85. The zero-order chi connectivity index (χ0) is 25.4. The number of phenolic OH excluding ortho intramolecular Hbond substituents is 1. The average molecular weight is 588 g/mol. The quantitative estimate of drug-likeness (QED) is 0.130. The fourth-order valence-electron chi connectivity index (χ4n) is 3.05. The fraction of sp³-hybridized carbons (Fsp3) is 0.208. The van der Waals surface area contributed by atoms with Gasteiger partial charge >= 0.3 is 0 Å². The van der Waals surface area contributed by atoms with Gasteiger partial charge in [-0.3, -0.25) is 4.79 Å². The van der Waals surface area contributed by atoms with E-state index >= 15 is 0 Å². The molecule has 0 saturated carbocycles. The van der Waals surface area contributed by atoms with Crippen molar-refractivity contribution < 1.29 is 28.2 Å². The molecule has 0 aliphatic heterocycles. The zero-order valence-electron chi connectivity index (χ0n) is 18.5. The van der Waals surface area contributed by atoms with Crippen molar-refractivity contribution >= 4 is 51.5 Å². The van der Waals surface area contributed by atoms with Gasteiger partial charge in [0, 0.05) is 48.0 Å². The van der Waals surface area contributed by atoms with Crippen LogP contribution in [-0.4, -0.2) is 44.8 Å². The van der Waals surface area contributed by atoms with E-state index in [1.165, 1.54) is 18.2 Å². The maximum absolute atomic E-state index is 14.9. The summed E-state index contributed by atoms with van der Waals surface area (Å²) < 4.78 is 43.3. The molecule has 0 heterocycles. The number of rotatable bonds is 12. The topological polar surface area (TPSA) is 79.8 Å². The van der Waals surface area contributed by atoms with E-state index in [-0.39, 0.29) is 21.9 Å². The van der Waals surface area contributed by atoms with Crippen LogP contribution in [0.4, 0.5) is 14.5 Å². The molecule has 0 aliphatic carbocycles. The maximum Gasteiger partial charge on any atom is 0.150 e. The van der Waals surface area contributed by atoms with Crippen molar-refractivity contribution in [1.29, 1.82) is 0 Å². The summed E-state index contributed by atoms with van der Waals surface area (Å²) in [6, 6.07) is 9.73. The van der Waals surface area contributed by atoms with E-state index in [4.69, 9.17) is 21.1 Å². The molecule has 0 spiro atoms. The number of carbonyl (C=O) groups is 1. The van der Waals surface area contributed by atoms with Crippen molar-refractivity contribution in [3.8, 4) is 22.6 Å². The molecule has 0 fully saturated rings. The largest absolute Gasteiger partial charge is 0.506 e. The van der Waals surface area contributed by atoms with E-state index in [9.17, 15) is 18.7 Å². The van der Waals surface area contributed by atoms with E-state index in [0.717, 1.165) is 18.0 Å². The molecule has 0 radical (unpaired) electrons. The summed E-state index contributed by atoms with van der Waals surface area (Å²) in [4.78, 5) is 11.4. The first-order chi connectivity index (χ1) is 16.8. The van der Waals surface area contributed by atoms with Crippen LogP contribution in [0.5, 0.6) is 11.5 Å². The van der Waals surface area contributed by atoms with Crippen molar-refractivity contribution in [2.45, 2.75) is 4.90 Å². The third kappa shape index (κ3) is 7.31. The molecule has 186 valence electrons. The van der Waals surface area contributed by atoms with Crippen molar-refractivity contribution in [2.24, 2.45) is 0 Å². The Labute approximate surface area is 219 Å². The van der Waals surface area contributed by atoms with E-state index in [1.807, 2.05) is 0 Å². The third-order valence-corrected chi connectivity index (χ3v) is 6.46. The third-order valence-electron chi connectivity index (χ3n) is 4.77. The number of methoxy groups -OCH3 is 1. The maximum atomic E-state index is 14.9. The monoisotopic (exact) mass is 586 g/mol. The van der Waals surface area contributed by atoms with Gasteiger partial charge in [0.2, 0.25) is 0 Å². The van der Waals surface area contributed by atoms with Crippen molar-refractivity contribution in [1.82, 2.24) is 5.32 Å². The summed E-state index contributed by atoms with van der Waals surface area (Å²) in [7, 11) is 1.61. The first-order valence-corrected chi connectivity index (χ1v) is 12.3. The van der Waals surface area contributed by atoms with Gasteiger partial charge in [-0.2, -0.15) is 0 Å². The van der Waals surface area contributed by atoms with Crippen LogP contribution in [0.3, 0.4) is 0 Å². The second kappa shape index (κ2) is 13.1. The molecule has 0 amide bonds. The Bertz CT molecular complexity index is 1200. The van der Waals surface area contributed by atoms with Crippen molar-refractivity contribution in [3.63, 3.8) is 0 Å². The predicted octanol–water partition coefficient (Wildman–Crippen LogP) is 6.30.